The molecule has 1 aliphatic carbocycles. The van der Waals surface area contributed by atoms with Crippen LogP contribution in [-0.2, 0) is 4.79 Å². The molecule has 5 heteroatoms. The van der Waals surface area contributed by atoms with Gasteiger partial charge in [0.25, 0.3) is 0 Å². The van der Waals surface area contributed by atoms with Crippen molar-refractivity contribution in [1.29, 1.82) is 0 Å². The summed E-state index contributed by atoms with van der Waals surface area (Å²) in [7, 11) is 0. The zero-order valence-corrected chi connectivity index (χ0v) is 11.7. The minimum absolute atomic E-state index is 0.00319. The summed E-state index contributed by atoms with van der Waals surface area (Å²) in [4.78, 5) is 16.8. The van der Waals surface area contributed by atoms with Crippen LogP contribution in [0.2, 0.25) is 0 Å². The molecule has 1 saturated carbocycles. The van der Waals surface area contributed by atoms with Gasteiger partial charge in [-0.1, -0.05) is 29.9 Å². The van der Waals surface area contributed by atoms with Gasteiger partial charge in [-0.3, -0.25) is 4.79 Å². The van der Waals surface area contributed by atoms with Gasteiger partial charge in [0.15, 0.2) is 5.13 Å². The van der Waals surface area contributed by atoms with Gasteiger partial charge in [-0.15, -0.1) is 0 Å². The fourth-order valence-corrected chi connectivity index (χ4v) is 3.50. The number of nitrogens with one attached hydrogen (secondary N) is 1. The molecule has 1 aromatic heterocycles. The summed E-state index contributed by atoms with van der Waals surface area (Å²) in [6.07, 6.45) is 2.79. The van der Waals surface area contributed by atoms with Crippen molar-refractivity contribution in [3.05, 3.63) is 24.3 Å². The van der Waals surface area contributed by atoms with Crippen molar-refractivity contribution in [2.24, 2.45) is 11.1 Å². The quantitative estimate of drug-likeness (QED) is 0.885. The van der Waals surface area contributed by atoms with E-state index in [2.05, 4.69) is 10.3 Å². The predicted octanol–water partition coefficient (Wildman–Crippen LogP) is 2.75. The SMILES string of the molecule is CC1(C(=O)Nc2nc3ccccc3s2)CCCC1N. The van der Waals surface area contributed by atoms with E-state index < -0.39 is 5.41 Å². The zero-order valence-electron chi connectivity index (χ0n) is 10.8. The molecule has 1 amide bonds. The highest BCUT2D eigenvalue weighted by atomic mass is 32.1. The third-order valence-corrected chi connectivity index (χ3v) is 5.01. The lowest BCUT2D eigenvalue weighted by Crippen LogP contribution is -2.44. The van der Waals surface area contributed by atoms with E-state index in [0.29, 0.717) is 5.13 Å². The number of carbonyl (C=O) groups is 1. The van der Waals surface area contributed by atoms with E-state index in [-0.39, 0.29) is 11.9 Å². The van der Waals surface area contributed by atoms with E-state index in [9.17, 15) is 4.79 Å². The standard InChI is InChI=1S/C14H17N3OS/c1-14(8-4-7-11(14)15)12(18)17-13-16-9-5-2-3-6-10(9)19-13/h2-3,5-6,11H,4,7-8,15H2,1H3,(H,16,17,18). The molecule has 2 unspecified atom stereocenters. The van der Waals surface area contributed by atoms with Crippen LogP contribution in [0.1, 0.15) is 26.2 Å². The molecule has 0 bridgehead atoms. The number of para-hydroxylation sites is 1. The first-order chi connectivity index (χ1) is 9.09. The summed E-state index contributed by atoms with van der Waals surface area (Å²) in [6.45, 7) is 1.95. The van der Waals surface area contributed by atoms with Crippen molar-refractivity contribution >= 4 is 32.6 Å². The second-order valence-corrected chi connectivity index (χ2v) is 6.39. The van der Waals surface area contributed by atoms with Gasteiger partial charge in [0.1, 0.15) is 0 Å². The lowest BCUT2D eigenvalue weighted by Gasteiger charge is -2.26. The first-order valence-electron chi connectivity index (χ1n) is 6.52. The highest BCUT2D eigenvalue weighted by molar-refractivity contribution is 7.22. The Morgan fingerprint density at radius 3 is 3.00 bits per heavy atom. The molecule has 0 radical (unpaired) electrons. The summed E-state index contributed by atoms with van der Waals surface area (Å²) < 4.78 is 1.08. The van der Waals surface area contributed by atoms with Crippen molar-refractivity contribution in [3.63, 3.8) is 0 Å². The number of hydrogen-bond acceptors (Lipinski definition) is 4. The van der Waals surface area contributed by atoms with Gasteiger partial charge < -0.3 is 11.1 Å². The summed E-state index contributed by atoms with van der Waals surface area (Å²) in [6, 6.07) is 7.82. The summed E-state index contributed by atoms with van der Waals surface area (Å²) in [5.41, 5.74) is 6.52. The van der Waals surface area contributed by atoms with Crippen molar-refractivity contribution < 1.29 is 4.79 Å². The number of thiazole rings is 1. The number of carbonyl (C=O) groups excluding carboxylic acids is 1. The molecule has 1 fully saturated rings. The van der Waals surface area contributed by atoms with E-state index >= 15 is 0 Å². The molecular formula is C14H17N3OS. The minimum atomic E-state index is -0.460. The van der Waals surface area contributed by atoms with Crippen LogP contribution in [0.3, 0.4) is 0 Å². The number of anilines is 1. The second kappa shape index (κ2) is 4.58. The number of fused-ring (bicyclic) bond motifs is 1. The average molecular weight is 275 g/mol. The molecule has 4 nitrogen and oxygen atoms in total. The molecule has 0 aliphatic heterocycles. The van der Waals surface area contributed by atoms with Gasteiger partial charge in [0.05, 0.1) is 15.6 Å². The molecule has 3 N–H and O–H groups in total. The maximum atomic E-state index is 12.4. The van der Waals surface area contributed by atoms with Crippen molar-refractivity contribution in [2.45, 2.75) is 32.2 Å². The maximum Gasteiger partial charge on any atom is 0.233 e. The molecule has 100 valence electrons. The molecule has 0 spiro atoms. The van der Waals surface area contributed by atoms with E-state index in [1.807, 2.05) is 31.2 Å². The average Bonchev–Trinajstić information content (AvgIpc) is 2.94. The Kier molecular flexibility index (Phi) is 3.03. The smallest absolute Gasteiger partial charge is 0.233 e. The van der Waals surface area contributed by atoms with Gasteiger partial charge in [0.2, 0.25) is 5.91 Å². The molecule has 3 rings (SSSR count). The number of rotatable bonds is 2. The Morgan fingerprint density at radius 1 is 1.53 bits per heavy atom. The number of aromatic nitrogens is 1. The number of nitrogens with zero attached hydrogens (tertiary/aromatic N) is 1. The highest BCUT2D eigenvalue weighted by Crippen LogP contribution is 2.38. The van der Waals surface area contributed by atoms with Crippen molar-refractivity contribution in [3.8, 4) is 0 Å². The van der Waals surface area contributed by atoms with Gasteiger partial charge in [-0.25, -0.2) is 4.98 Å². The maximum absolute atomic E-state index is 12.4. The largest absolute Gasteiger partial charge is 0.327 e. The van der Waals surface area contributed by atoms with Crippen LogP contribution in [0.4, 0.5) is 5.13 Å². The molecule has 19 heavy (non-hydrogen) atoms. The van der Waals surface area contributed by atoms with Gasteiger partial charge in [0, 0.05) is 6.04 Å². The first kappa shape index (κ1) is 12.6. The Labute approximate surface area is 116 Å². The van der Waals surface area contributed by atoms with Crippen LogP contribution >= 0.6 is 11.3 Å². The minimum Gasteiger partial charge on any atom is -0.327 e. The summed E-state index contributed by atoms with van der Waals surface area (Å²) in [5.74, 6) is -0.00319. The molecule has 1 aromatic carbocycles. The Hall–Kier alpha value is -1.46. The topological polar surface area (TPSA) is 68.0 Å². The Balaban J connectivity index is 1.83. The van der Waals surface area contributed by atoms with Crippen LogP contribution in [0, 0.1) is 5.41 Å². The first-order valence-corrected chi connectivity index (χ1v) is 7.34. The molecule has 0 saturated heterocycles. The summed E-state index contributed by atoms with van der Waals surface area (Å²) >= 11 is 1.50. The van der Waals surface area contributed by atoms with E-state index in [1.165, 1.54) is 11.3 Å². The normalized spacial score (nSPS) is 26.7. The monoisotopic (exact) mass is 275 g/mol. The third kappa shape index (κ3) is 2.13. The Morgan fingerprint density at radius 2 is 2.32 bits per heavy atom. The zero-order chi connectivity index (χ0) is 13.5. The van der Waals surface area contributed by atoms with Crippen LogP contribution in [-0.4, -0.2) is 16.9 Å². The van der Waals surface area contributed by atoms with Crippen molar-refractivity contribution in [2.75, 3.05) is 5.32 Å². The van der Waals surface area contributed by atoms with E-state index in [0.717, 1.165) is 29.5 Å². The number of benzene rings is 1. The molecular weight excluding hydrogens is 258 g/mol. The number of nitrogens with two attached hydrogens (primary N) is 1. The van der Waals surface area contributed by atoms with Crippen LogP contribution in [0.25, 0.3) is 10.2 Å². The van der Waals surface area contributed by atoms with Crippen molar-refractivity contribution in [1.82, 2.24) is 4.98 Å². The fraction of sp³-hybridized carbons (Fsp3) is 0.429. The fourth-order valence-electron chi connectivity index (χ4n) is 2.64. The van der Waals surface area contributed by atoms with E-state index in [1.54, 1.807) is 0 Å². The lowest BCUT2D eigenvalue weighted by molar-refractivity contribution is -0.125. The number of hydrogen-bond donors (Lipinski definition) is 2. The molecule has 2 atom stereocenters. The predicted molar refractivity (Wildman–Crippen MR) is 78.2 cm³/mol. The third-order valence-electron chi connectivity index (χ3n) is 4.06. The highest BCUT2D eigenvalue weighted by Gasteiger charge is 2.43. The van der Waals surface area contributed by atoms with Crippen LogP contribution < -0.4 is 11.1 Å². The molecule has 2 aromatic rings. The lowest BCUT2D eigenvalue weighted by atomic mass is 9.84. The Bertz CT molecular complexity index is 591. The van der Waals surface area contributed by atoms with Crippen LogP contribution in [0.5, 0.6) is 0 Å². The molecule has 1 aliphatic rings. The molecule has 1 heterocycles. The summed E-state index contributed by atoms with van der Waals surface area (Å²) in [5, 5.41) is 3.59. The van der Waals surface area contributed by atoms with E-state index in [4.69, 9.17) is 5.73 Å². The van der Waals surface area contributed by atoms with Gasteiger partial charge in [-0.2, -0.15) is 0 Å². The second-order valence-electron chi connectivity index (χ2n) is 5.36. The van der Waals surface area contributed by atoms with Gasteiger partial charge >= 0.3 is 0 Å². The van der Waals surface area contributed by atoms with Gasteiger partial charge in [-0.05, 0) is 31.9 Å². The number of amides is 1. The van der Waals surface area contributed by atoms with Crippen LogP contribution in [0.15, 0.2) is 24.3 Å².